The molecule has 0 radical (unpaired) electrons. The third kappa shape index (κ3) is 3.34. The van der Waals surface area contributed by atoms with Crippen molar-refractivity contribution < 1.29 is 22.6 Å². The standard InChI is InChI=1S/C21H19F3N4O3S/c1-4-32(30)15-9-12(20(11-25)7-8-20)5-6-13(15)18-26-14-10-16(21(22,23)24)28(31-3)19(29)17(14)27(18)2/h5-6,9-10H,4,7-8H2,1-3H3. The Kier molecular flexibility index (Phi) is 5.26. The zero-order valence-corrected chi connectivity index (χ0v) is 18.3. The molecular formula is C21H19F3N4O3S. The number of hydrogen-bond acceptors (Lipinski definition) is 5. The topological polar surface area (TPSA) is 95.9 Å². The number of fused-ring (bicyclic) bond motifs is 1. The monoisotopic (exact) mass is 464 g/mol. The number of nitrogens with zero attached hydrogens (tertiary/aromatic N) is 4. The minimum atomic E-state index is -4.83. The van der Waals surface area contributed by atoms with Gasteiger partial charge >= 0.3 is 11.7 Å². The Morgan fingerprint density at radius 2 is 2.03 bits per heavy atom. The van der Waals surface area contributed by atoms with E-state index in [4.69, 9.17) is 4.84 Å². The van der Waals surface area contributed by atoms with Gasteiger partial charge in [-0.15, -0.1) is 4.73 Å². The molecule has 1 fully saturated rings. The molecule has 11 heteroatoms. The van der Waals surface area contributed by atoms with Gasteiger partial charge in [-0.3, -0.25) is 4.79 Å². The maximum atomic E-state index is 13.4. The smallest absolute Gasteiger partial charge is 0.435 e. The summed E-state index contributed by atoms with van der Waals surface area (Å²) in [5.74, 6) is 0.499. The van der Waals surface area contributed by atoms with Crippen molar-refractivity contribution in [2.75, 3.05) is 12.9 Å². The van der Waals surface area contributed by atoms with Gasteiger partial charge in [-0.05, 0) is 54.7 Å². The number of imidazole rings is 1. The van der Waals surface area contributed by atoms with E-state index in [0.717, 1.165) is 18.7 Å². The molecule has 0 aliphatic heterocycles. The molecule has 1 aliphatic rings. The minimum absolute atomic E-state index is 0.0807. The zero-order valence-electron chi connectivity index (χ0n) is 17.5. The van der Waals surface area contributed by atoms with E-state index in [1.165, 1.54) is 11.6 Å². The van der Waals surface area contributed by atoms with E-state index in [2.05, 4.69) is 11.1 Å². The number of aromatic nitrogens is 3. The molecule has 2 aromatic heterocycles. The van der Waals surface area contributed by atoms with Crippen molar-refractivity contribution in [1.29, 1.82) is 5.26 Å². The summed E-state index contributed by atoms with van der Waals surface area (Å²) in [6, 6.07) is 8.17. The first kappa shape index (κ1) is 22.2. The second kappa shape index (κ2) is 7.56. The molecule has 0 saturated heterocycles. The first-order valence-electron chi connectivity index (χ1n) is 9.76. The number of benzene rings is 1. The van der Waals surface area contributed by atoms with Gasteiger partial charge in [0.25, 0.3) is 0 Å². The number of rotatable bonds is 5. The predicted molar refractivity (Wildman–Crippen MR) is 111 cm³/mol. The number of nitriles is 1. The van der Waals surface area contributed by atoms with Crippen LogP contribution in [0.2, 0.25) is 0 Å². The molecule has 1 unspecified atom stereocenters. The van der Waals surface area contributed by atoms with Gasteiger partial charge in [0.05, 0.1) is 22.6 Å². The van der Waals surface area contributed by atoms with Crippen LogP contribution in [0.3, 0.4) is 0 Å². The lowest BCUT2D eigenvalue weighted by molar-refractivity contribution is -0.151. The van der Waals surface area contributed by atoms with Crippen molar-refractivity contribution in [3.8, 4) is 17.5 Å². The van der Waals surface area contributed by atoms with Gasteiger partial charge in [-0.25, -0.2) is 4.98 Å². The first-order chi connectivity index (χ1) is 15.1. The molecule has 4 rings (SSSR count). The van der Waals surface area contributed by atoms with Crippen LogP contribution in [0.15, 0.2) is 34.0 Å². The lowest BCUT2D eigenvalue weighted by atomic mass is 9.96. The van der Waals surface area contributed by atoms with E-state index >= 15 is 0 Å². The largest absolute Gasteiger partial charge is 0.611 e. The van der Waals surface area contributed by atoms with Gasteiger partial charge in [-0.1, -0.05) is 6.07 Å². The number of aryl methyl sites for hydroxylation is 1. The van der Waals surface area contributed by atoms with Crippen LogP contribution in [-0.4, -0.2) is 31.7 Å². The molecule has 0 bridgehead atoms. The van der Waals surface area contributed by atoms with Crippen molar-refractivity contribution in [3.63, 3.8) is 0 Å². The fourth-order valence-corrected chi connectivity index (χ4v) is 4.80. The summed E-state index contributed by atoms with van der Waals surface area (Å²) in [6.45, 7) is 1.74. The van der Waals surface area contributed by atoms with Crippen molar-refractivity contribution in [2.45, 2.75) is 36.3 Å². The fourth-order valence-electron chi connectivity index (χ4n) is 3.82. The van der Waals surface area contributed by atoms with Crippen molar-refractivity contribution in [3.05, 3.63) is 45.9 Å². The molecule has 7 nitrogen and oxygen atoms in total. The molecule has 32 heavy (non-hydrogen) atoms. The quantitative estimate of drug-likeness (QED) is 0.541. The van der Waals surface area contributed by atoms with Crippen LogP contribution in [0.25, 0.3) is 22.4 Å². The molecule has 1 aliphatic carbocycles. The Balaban J connectivity index is 1.98. The summed E-state index contributed by atoms with van der Waals surface area (Å²) in [5, 5.41) is 9.51. The highest BCUT2D eigenvalue weighted by Crippen LogP contribution is 2.48. The van der Waals surface area contributed by atoms with Gasteiger partial charge in [0.1, 0.15) is 24.2 Å². The molecule has 0 spiro atoms. The summed E-state index contributed by atoms with van der Waals surface area (Å²) in [5.41, 5.74) is -1.93. The Morgan fingerprint density at radius 1 is 1.34 bits per heavy atom. The second-order valence-corrected chi connectivity index (χ2v) is 9.28. The summed E-state index contributed by atoms with van der Waals surface area (Å²) in [6.07, 6.45) is -3.40. The van der Waals surface area contributed by atoms with Gasteiger partial charge in [0, 0.05) is 7.05 Å². The number of halogens is 3. The van der Waals surface area contributed by atoms with E-state index in [-0.39, 0.29) is 21.6 Å². The van der Waals surface area contributed by atoms with Crippen LogP contribution >= 0.6 is 0 Å². The number of hydrogen-bond donors (Lipinski definition) is 0. The van der Waals surface area contributed by atoms with E-state index in [0.29, 0.717) is 29.1 Å². The van der Waals surface area contributed by atoms with E-state index in [1.807, 2.05) is 0 Å². The first-order valence-corrected chi connectivity index (χ1v) is 11.1. The fraction of sp³-hybridized carbons (Fsp3) is 0.381. The normalized spacial score (nSPS) is 16.1. The summed E-state index contributed by atoms with van der Waals surface area (Å²) >= 11 is -1.43. The Labute approximate surface area is 184 Å². The van der Waals surface area contributed by atoms with Crippen LogP contribution in [0.5, 0.6) is 0 Å². The number of alkyl halides is 3. The van der Waals surface area contributed by atoms with Crippen LogP contribution in [-0.2, 0) is 29.8 Å². The Morgan fingerprint density at radius 3 is 2.56 bits per heavy atom. The highest BCUT2D eigenvalue weighted by molar-refractivity contribution is 7.91. The van der Waals surface area contributed by atoms with Gasteiger partial charge in [0.15, 0.2) is 10.6 Å². The zero-order chi connectivity index (χ0) is 23.4. The van der Waals surface area contributed by atoms with Crippen LogP contribution in [0, 0.1) is 11.3 Å². The van der Waals surface area contributed by atoms with Crippen LogP contribution < -0.4 is 10.4 Å². The molecule has 3 aromatic rings. The van der Waals surface area contributed by atoms with Gasteiger partial charge in [0.2, 0.25) is 0 Å². The van der Waals surface area contributed by atoms with E-state index in [9.17, 15) is 27.8 Å². The lowest BCUT2D eigenvalue weighted by Crippen LogP contribution is -2.32. The highest BCUT2D eigenvalue weighted by atomic mass is 32.2. The SMILES string of the molecule is CC[S+]([O-])c1cc(C2(C#N)CC2)ccc1-c1nc2cc(C(F)(F)F)n(OC)c(=O)c2n1C. The molecule has 1 saturated carbocycles. The Hall–Kier alpha value is -2.97. The summed E-state index contributed by atoms with van der Waals surface area (Å²) in [4.78, 5) is 22.2. The third-order valence-electron chi connectivity index (χ3n) is 5.72. The molecule has 2 heterocycles. The average molecular weight is 464 g/mol. The van der Waals surface area contributed by atoms with Crippen molar-refractivity contribution >= 4 is 22.2 Å². The summed E-state index contributed by atoms with van der Waals surface area (Å²) in [7, 11) is 2.48. The van der Waals surface area contributed by atoms with E-state index in [1.54, 1.807) is 25.1 Å². The van der Waals surface area contributed by atoms with E-state index < -0.39 is 34.0 Å². The second-order valence-electron chi connectivity index (χ2n) is 7.58. The summed E-state index contributed by atoms with van der Waals surface area (Å²) < 4.78 is 54.7. The maximum Gasteiger partial charge on any atom is 0.435 e. The third-order valence-corrected chi connectivity index (χ3v) is 7.07. The maximum absolute atomic E-state index is 13.4. The predicted octanol–water partition coefficient (Wildman–Crippen LogP) is 3.16. The molecular weight excluding hydrogens is 445 g/mol. The molecule has 1 atom stereocenters. The molecule has 168 valence electrons. The molecule has 1 aromatic carbocycles. The van der Waals surface area contributed by atoms with Crippen LogP contribution in [0.4, 0.5) is 13.2 Å². The van der Waals surface area contributed by atoms with Gasteiger partial charge < -0.3 is 14.0 Å². The van der Waals surface area contributed by atoms with Crippen molar-refractivity contribution in [2.24, 2.45) is 7.05 Å². The highest BCUT2D eigenvalue weighted by Gasteiger charge is 2.45. The van der Waals surface area contributed by atoms with Crippen LogP contribution in [0.1, 0.15) is 31.0 Å². The van der Waals surface area contributed by atoms with Gasteiger partial charge in [-0.2, -0.15) is 18.4 Å². The Bertz CT molecular complexity index is 1320. The number of pyridine rings is 1. The van der Waals surface area contributed by atoms with Crippen molar-refractivity contribution in [1.82, 2.24) is 14.3 Å². The molecule has 0 N–H and O–H groups in total. The lowest BCUT2D eigenvalue weighted by Gasteiger charge is -2.16. The molecule has 0 amide bonds. The average Bonchev–Trinajstić information content (AvgIpc) is 3.49. The minimum Gasteiger partial charge on any atom is -0.611 e.